The van der Waals surface area contributed by atoms with E-state index in [2.05, 4.69) is 21.6 Å². The summed E-state index contributed by atoms with van der Waals surface area (Å²) >= 11 is 0. The molecule has 0 saturated carbocycles. The van der Waals surface area contributed by atoms with Crippen molar-refractivity contribution in [3.63, 3.8) is 0 Å². The van der Waals surface area contributed by atoms with Crippen LogP contribution in [-0.4, -0.2) is 64.9 Å². The van der Waals surface area contributed by atoms with Crippen molar-refractivity contribution in [1.82, 2.24) is 25.3 Å². The number of nitrogens with one attached hydrogen (secondary N) is 2. The van der Waals surface area contributed by atoms with Crippen LogP contribution in [0.1, 0.15) is 61.6 Å². The number of aromatic nitrogens is 2. The topological polar surface area (TPSA) is 79.3 Å². The van der Waals surface area contributed by atoms with E-state index in [1.165, 1.54) is 5.56 Å². The Bertz CT molecular complexity index is 1020. The molecule has 1 unspecified atom stereocenters. The summed E-state index contributed by atoms with van der Waals surface area (Å²) in [5.74, 6) is -0.459. The number of carbonyl (C=O) groups is 2. The van der Waals surface area contributed by atoms with Gasteiger partial charge in [-0.15, -0.1) is 0 Å². The van der Waals surface area contributed by atoms with Crippen molar-refractivity contribution < 1.29 is 14.0 Å². The van der Waals surface area contributed by atoms with E-state index >= 15 is 4.39 Å². The molecule has 3 aliphatic rings. The number of nitrogens with zero attached hydrogens (tertiary/aromatic N) is 3. The van der Waals surface area contributed by atoms with Gasteiger partial charge in [0.1, 0.15) is 5.67 Å². The maximum Gasteiger partial charge on any atom is 0.235 e. The quantitative estimate of drug-likeness (QED) is 0.713. The maximum absolute atomic E-state index is 15.1. The molecule has 8 heteroatoms. The summed E-state index contributed by atoms with van der Waals surface area (Å²) in [4.78, 5) is 26.3. The number of carbonyl (C=O) groups excluding carboxylic acids is 2. The van der Waals surface area contributed by atoms with Gasteiger partial charge >= 0.3 is 0 Å². The number of hydrogen-bond acceptors (Lipinski definition) is 5. The molecule has 3 saturated heterocycles. The van der Waals surface area contributed by atoms with Gasteiger partial charge in [0.15, 0.2) is 0 Å². The minimum absolute atomic E-state index is 0.210. The first-order valence-electron chi connectivity index (χ1n) is 11.8. The summed E-state index contributed by atoms with van der Waals surface area (Å²) in [6.07, 6.45) is 4.03. The second-order valence-electron chi connectivity index (χ2n) is 9.71. The standard InChI is InChI=1S/C24H32FN5O2/c1-29-22-17(16-7-13-30(14-8-16)15-24(25)9-11-26-12-10-24)3-2-4-18(22)21(28-29)19-5-6-20(31)27-23(19)32/h2-4,16,19,26H,5-15H2,1H3,(H,27,31,32). The van der Waals surface area contributed by atoms with E-state index in [0.717, 1.165) is 55.6 Å². The summed E-state index contributed by atoms with van der Waals surface area (Å²) in [7, 11) is 1.93. The number of alkyl halides is 1. The monoisotopic (exact) mass is 441 g/mol. The van der Waals surface area contributed by atoms with E-state index < -0.39 is 5.67 Å². The van der Waals surface area contributed by atoms with Crippen LogP contribution in [0, 0.1) is 0 Å². The molecule has 0 aliphatic carbocycles. The second kappa shape index (κ2) is 8.56. The van der Waals surface area contributed by atoms with Gasteiger partial charge in [0.05, 0.1) is 17.1 Å². The molecule has 1 atom stereocenters. The van der Waals surface area contributed by atoms with Gasteiger partial charge in [-0.05, 0) is 69.8 Å². The van der Waals surface area contributed by atoms with Gasteiger partial charge in [0.25, 0.3) is 0 Å². The minimum atomic E-state index is -1.06. The molecular weight excluding hydrogens is 409 g/mol. The Kier molecular flexibility index (Phi) is 5.75. The zero-order valence-electron chi connectivity index (χ0n) is 18.7. The van der Waals surface area contributed by atoms with Gasteiger partial charge in [0, 0.05) is 25.4 Å². The lowest BCUT2D eigenvalue weighted by molar-refractivity contribution is -0.134. The summed E-state index contributed by atoms with van der Waals surface area (Å²) < 4.78 is 17.0. The van der Waals surface area contributed by atoms with Crippen molar-refractivity contribution >= 4 is 22.7 Å². The van der Waals surface area contributed by atoms with Gasteiger partial charge in [-0.2, -0.15) is 5.10 Å². The number of likely N-dealkylation sites (tertiary alicyclic amines) is 1. The predicted molar refractivity (Wildman–Crippen MR) is 120 cm³/mol. The molecule has 3 aliphatic heterocycles. The summed E-state index contributed by atoms with van der Waals surface area (Å²) in [5, 5.41) is 11.4. The van der Waals surface area contributed by atoms with Crippen LogP contribution in [-0.2, 0) is 16.6 Å². The highest BCUT2D eigenvalue weighted by atomic mass is 19.1. The van der Waals surface area contributed by atoms with E-state index in [4.69, 9.17) is 5.10 Å². The molecule has 3 fully saturated rings. The lowest BCUT2D eigenvalue weighted by atomic mass is 9.86. The van der Waals surface area contributed by atoms with Crippen molar-refractivity contribution in [2.24, 2.45) is 7.05 Å². The van der Waals surface area contributed by atoms with Crippen molar-refractivity contribution in [3.8, 4) is 0 Å². The molecule has 0 bridgehead atoms. The van der Waals surface area contributed by atoms with Gasteiger partial charge in [0.2, 0.25) is 11.8 Å². The average Bonchev–Trinajstić information content (AvgIpc) is 3.11. The van der Waals surface area contributed by atoms with Crippen LogP contribution in [0.25, 0.3) is 10.9 Å². The fourth-order valence-corrected chi connectivity index (χ4v) is 5.77. The van der Waals surface area contributed by atoms with Crippen LogP contribution in [0.3, 0.4) is 0 Å². The molecule has 1 aromatic heterocycles. The summed E-state index contributed by atoms with van der Waals surface area (Å²) in [5.41, 5.74) is 2.03. The number of hydrogen-bond donors (Lipinski definition) is 2. The Labute approximate surface area is 187 Å². The normalized spacial score (nSPS) is 25.2. The smallest absolute Gasteiger partial charge is 0.235 e. The molecule has 2 aromatic rings. The zero-order valence-corrected chi connectivity index (χ0v) is 18.7. The summed E-state index contributed by atoms with van der Waals surface area (Å²) in [6, 6.07) is 6.25. The first kappa shape index (κ1) is 21.5. The van der Waals surface area contributed by atoms with E-state index in [1.807, 2.05) is 23.9 Å². The second-order valence-corrected chi connectivity index (χ2v) is 9.71. The van der Waals surface area contributed by atoms with Gasteiger partial charge < -0.3 is 10.2 Å². The van der Waals surface area contributed by atoms with E-state index in [0.29, 0.717) is 38.1 Å². The Hall–Kier alpha value is -2.32. The number of para-hydroxylation sites is 1. The zero-order chi connectivity index (χ0) is 22.3. The molecule has 2 N–H and O–H groups in total. The van der Waals surface area contributed by atoms with Crippen molar-refractivity contribution in [1.29, 1.82) is 0 Å². The minimum Gasteiger partial charge on any atom is -0.316 e. The molecule has 4 heterocycles. The highest BCUT2D eigenvalue weighted by molar-refractivity contribution is 6.02. The molecule has 172 valence electrons. The lowest BCUT2D eigenvalue weighted by Crippen LogP contribution is -2.48. The van der Waals surface area contributed by atoms with Gasteiger partial charge in [-0.1, -0.05) is 18.2 Å². The Balaban J connectivity index is 1.34. The fourth-order valence-electron chi connectivity index (χ4n) is 5.77. The average molecular weight is 442 g/mol. The maximum atomic E-state index is 15.1. The van der Waals surface area contributed by atoms with Crippen LogP contribution in [0.5, 0.6) is 0 Å². The molecule has 2 amide bonds. The first-order valence-corrected chi connectivity index (χ1v) is 11.8. The predicted octanol–water partition coefficient (Wildman–Crippen LogP) is 2.36. The van der Waals surface area contributed by atoms with Crippen molar-refractivity contribution in [2.45, 2.75) is 56.0 Å². The number of aryl methyl sites for hydroxylation is 1. The summed E-state index contributed by atoms with van der Waals surface area (Å²) in [6.45, 7) is 3.88. The number of piperidine rings is 3. The number of benzene rings is 1. The molecule has 1 aromatic carbocycles. The third kappa shape index (κ3) is 4.06. The van der Waals surface area contributed by atoms with Gasteiger partial charge in [-0.3, -0.25) is 19.6 Å². The largest absolute Gasteiger partial charge is 0.316 e. The highest BCUT2D eigenvalue weighted by Gasteiger charge is 2.36. The number of halogens is 1. The third-order valence-corrected chi connectivity index (χ3v) is 7.53. The number of amides is 2. The molecule has 0 spiro atoms. The molecular formula is C24H32FN5O2. The van der Waals surface area contributed by atoms with Crippen LogP contribution < -0.4 is 10.6 Å². The number of rotatable bonds is 4. The van der Waals surface area contributed by atoms with Gasteiger partial charge in [-0.25, -0.2) is 4.39 Å². The van der Waals surface area contributed by atoms with E-state index in [1.54, 1.807) is 0 Å². The highest BCUT2D eigenvalue weighted by Crippen LogP contribution is 2.37. The Morgan fingerprint density at radius 1 is 1.16 bits per heavy atom. The van der Waals surface area contributed by atoms with E-state index in [-0.39, 0.29) is 17.7 Å². The van der Waals surface area contributed by atoms with Crippen molar-refractivity contribution in [2.75, 3.05) is 32.7 Å². The molecule has 32 heavy (non-hydrogen) atoms. The Morgan fingerprint density at radius 2 is 1.91 bits per heavy atom. The van der Waals surface area contributed by atoms with Crippen molar-refractivity contribution in [3.05, 3.63) is 29.5 Å². The molecule has 5 rings (SSSR count). The number of imide groups is 1. The van der Waals surface area contributed by atoms with Crippen LogP contribution >= 0.6 is 0 Å². The molecule has 7 nitrogen and oxygen atoms in total. The fraction of sp³-hybridized carbons (Fsp3) is 0.625. The van der Waals surface area contributed by atoms with Crippen LogP contribution in [0.4, 0.5) is 4.39 Å². The number of fused-ring (bicyclic) bond motifs is 1. The van der Waals surface area contributed by atoms with Crippen LogP contribution in [0.2, 0.25) is 0 Å². The van der Waals surface area contributed by atoms with E-state index in [9.17, 15) is 9.59 Å². The first-order chi connectivity index (χ1) is 15.4. The van der Waals surface area contributed by atoms with Crippen LogP contribution in [0.15, 0.2) is 18.2 Å². The SMILES string of the molecule is Cn1nc(C2CCC(=O)NC2=O)c2cccc(C3CCN(CC4(F)CCNCC4)CC3)c21. The third-order valence-electron chi connectivity index (χ3n) is 7.53. The Morgan fingerprint density at radius 3 is 2.62 bits per heavy atom. The lowest BCUT2D eigenvalue weighted by Gasteiger charge is -2.38. The molecule has 0 radical (unpaired) electrons.